The molecule has 0 aliphatic carbocycles. The van der Waals surface area contributed by atoms with Crippen LogP contribution in [0.15, 0.2) is 12.1 Å². The molecule has 1 N–H and O–H groups in total. The van der Waals surface area contributed by atoms with E-state index in [0.29, 0.717) is 11.4 Å². The monoisotopic (exact) mass is 279 g/mol. The molecule has 0 saturated carbocycles. The maximum absolute atomic E-state index is 11.7. The van der Waals surface area contributed by atoms with Crippen molar-refractivity contribution in [1.82, 2.24) is 4.98 Å². The number of nitrogens with zero attached hydrogens (tertiary/aromatic N) is 2. The summed E-state index contributed by atoms with van der Waals surface area (Å²) in [6.07, 6.45) is -4.33. The van der Waals surface area contributed by atoms with Gasteiger partial charge in [0.2, 0.25) is 0 Å². The quantitative estimate of drug-likeness (QED) is 0.665. The maximum atomic E-state index is 11.7. The van der Waals surface area contributed by atoms with Crippen molar-refractivity contribution in [3.05, 3.63) is 22.8 Å². The first-order valence-electron chi connectivity index (χ1n) is 4.87. The van der Waals surface area contributed by atoms with Crippen molar-refractivity contribution in [2.75, 3.05) is 25.1 Å². The first-order valence-corrected chi connectivity index (χ1v) is 5.24. The fraction of sp³-hybridized carbons (Fsp3) is 0.400. The summed E-state index contributed by atoms with van der Waals surface area (Å²) in [5.74, 6) is 0.314. The average molecular weight is 280 g/mol. The molecule has 0 aromatic carbocycles. The molecular formula is C10H9ClF3N3O. The van der Waals surface area contributed by atoms with Gasteiger partial charge in [-0.1, -0.05) is 11.6 Å². The Morgan fingerprint density at radius 3 is 2.78 bits per heavy atom. The largest absolute Gasteiger partial charge is 0.411 e. The molecule has 0 atom stereocenters. The zero-order valence-electron chi connectivity index (χ0n) is 9.09. The summed E-state index contributed by atoms with van der Waals surface area (Å²) in [6.45, 7) is -1.29. The molecule has 0 fully saturated rings. The number of ether oxygens (including phenoxy) is 1. The van der Waals surface area contributed by atoms with Crippen LogP contribution in [0, 0.1) is 11.3 Å². The number of hydrogen-bond donors (Lipinski definition) is 1. The topological polar surface area (TPSA) is 57.9 Å². The highest BCUT2D eigenvalue weighted by Crippen LogP contribution is 2.15. The van der Waals surface area contributed by atoms with Gasteiger partial charge in [0.05, 0.1) is 18.2 Å². The summed E-state index contributed by atoms with van der Waals surface area (Å²) >= 11 is 5.65. The predicted octanol–water partition coefficient (Wildman–Crippen LogP) is 2.60. The fourth-order valence-corrected chi connectivity index (χ4v) is 1.30. The average Bonchev–Trinajstić information content (AvgIpc) is 2.26. The van der Waals surface area contributed by atoms with Crippen molar-refractivity contribution < 1.29 is 17.9 Å². The number of nitriles is 1. The third-order valence-electron chi connectivity index (χ3n) is 1.74. The number of rotatable bonds is 5. The lowest BCUT2D eigenvalue weighted by Gasteiger charge is -2.09. The lowest BCUT2D eigenvalue weighted by atomic mass is 10.3. The highest BCUT2D eigenvalue weighted by molar-refractivity contribution is 6.29. The van der Waals surface area contributed by atoms with Crippen LogP contribution in [0.4, 0.5) is 19.0 Å². The van der Waals surface area contributed by atoms with E-state index >= 15 is 0 Å². The molecule has 0 spiro atoms. The number of nitrogens with one attached hydrogen (secondary N) is 1. The SMILES string of the molecule is N#Cc1cc(Cl)nc(NCCOCC(F)(F)F)c1. The van der Waals surface area contributed by atoms with Crippen LogP contribution >= 0.6 is 11.6 Å². The smallest absolute Gasteiger partial charge is 0.370 e. The molecule has 1 rings (SSSR count). The van der Waals surface area contributed by atoms with E-state index in [0.717, 1.165) is 0 Å². The number of pyridine rings is 1. The molecule has 4 nitrogen and oxygen atoms in total. The van der Waals surface area contributed by atoms with Crippen LogP contribution in [-0.2, 0) is 4.74 Å². The number of aromatic nitrogens is 1. The van der Waals surface area contributed by atoms with Crippen LogP contribution in [0.1, 0.15) is 5.56 Å². The number of alkyl halides is 3. The van der Waals surface area contributed by atoms with E-state index in [1.54, 1.807) is 0 Å². The summed E-state index contributed by atoms with van der Waals surface area (Å²) in [6, 6.07) is 4.71. The Kier molecular flexibility index (Phi) is 5.19. The maximum Gasteiger partial charge on any atom is 0.411 e. The van der Waals surface area contributed by atoms with E-state index in [1.165, 1.54) is 12.1 Å². The summed E-state index contributed by atoms with van der Waals surface area (Å²) in [7, 11) is 0. The Morgan fingerprint density at radius 2 is 2.17 bits per heavy atom. The summed E-state index contributed by atoms with van der Waals surface area (Å²) in [5.41, 5.74) is 0.314. The highest BCUT2D eigenvalue weighted by atomic mass is 35.5. The lowest BCUT2D eigenvalue weighted by Crippen LogP contribution is -2.20. The number of halogens is 4. The van der Waals surface area contributed by atoms with Crippen LogP contribution in [0.25, 0.3) is 0 Å². The molecule has 1 aromatic rings. The van der Waals surface area contributed by atoms with Gasteiger partial charge in [0, 0.05) is 6.54 Å². The molecule has 0 aliphatic rings. The van der Waals surface area contributed by atoms with Gasteiger partial charge in [-0.3, -0.25) is 0 Å². The van der Waals surface area contributed by atoms with E-state index < -0.39 is 12.8 Å². The highest BCUT2D eigenvalue weighted by Gasteiger charge is 2.27. The van der Waals surface area contributed by atoms with Gasteiger partial charge in [-0.15, -0.1) is 0 Å². The third kappa shape index (κ3) is 5.70. The normalized spacial score (nSPS) is 11.1. The van der Waals surface area contributed by atoms with Crippen molar-refractivity contribution in [1.29, 1.82) is 5.26 Å². The Morgan fingerprint density at radius 1 is 1.44 bits per heavy atom. The zero-order valence-corrected chi connectivity index (χ0v) is 9.85. The van der Waals surface area contributed by atoms with E-state index in [1.807, 2.05) is 6.07 Å². The van der Waals surface area contributed by atoms with Crippen molar-refractivity contribution in [2.45, 2.75) is 6.18 Å². The van der Waals surface area contributed by atoms with Crippen LogP contribution in [0.5, 0.6) is 0 Å². The third-order valence-corrected chi connectivity index (χ3v) is 1.94. The number of hydrogen-bond acceptors (Lipinski definition) is 4. The minimum Gasteiger partial charge on any atom is -0.370 e. The molecule has 0 saturated heterocycles. The van der Waals surface area contributed by atoms with E-state index in [2.05, 4.69) is 15.0 Å². The first-order chi connectivity index (χ1) is 8.40. The van der Waals surface area contributed by atoms with Gasteiger partial charge in [0.1, 0.15) is 17.6 Å². The van der Waals surface area contributed by atoms with Crippen LogP contribution in [0.2, 0.25) is 5.15 Å². The van der Waals surface area contributed by atoms with Gasteiger partial charge in [-0.05, 0) is 12.1 Å². The van der Waals surface area contributed by atoms with Gasteiger partial charge in [0.25, 0.3) is 0 Å². The van der Waals surface area contributed by atoms with Crippen LogP contribution < -0.4 is 5.32 Å². The van der Waals surface area contributed by atoms with Gasteiger partial charge < -0.3 is 10.1 Å². The molecule has 0 bridgehead atoms. The van der Waals surface area contributed by atoms with E-state index in [9.17, 15) is 13.2 Å². The summed E-state index contributed by atoms with van der Waals surface area (Å²) < 4.78 is 39.6. The Labute approximate surface area is 106 Å². The minimum absolute atomic E-state index is 0.129. The second-order valence-corrected chi connectivity index (χ2v) is 3.66. The second-order valence-electron chi connectivity index (χ2n) is 3.27. The summed E-state index contributed by atoms with van der Waals surface area (Å²) in [5, 5.41) is 11.5. The van der Waals surface area contributed by atoms with Crippen molar-refractivity contribution in [3.8, 4) is 6.07 Å². The molecule has 18 heavy (non-hydrogen) atoms. The standard InChI is InChI=1S/C10H9ClF3N3O/c11-8-3-7(5-15)4-9(17-8)16-1-2-18-6-10(12,13)14/h3-4H,1-2,6H2,(H,16,17). The molecule has 0 unspecified atom stereocenters. The first kappa shape index (κ1) is 14.5. The van der Waals surface area contributed by atoms with Gasteiger partial charge in [-0.25, -0.2) is 4.98 Å². The Balaban J connectivity index is 2.36. The fourth-order valence-electron chi connectivity index (χ4n) is 1.09. The molecular weight excluding hydrogens is 271 g/mol. The minimum atomic E-state index is -4.33. The summed E-state index contributed by atoms with van der Waals surface area (Å²) in [4.78, 5) is 3.85. The van der Waals surface area contributed by atoms with Crippen molar-refractivity contribution in [3.63, 3.8) is 0 Å². The molecule has 1 aromatic heterocycles. The zero-order chi connectivity index (χ0) is 13.6. The van der Waals surface area contributed by atoms with E-state index in [-0.39, 0.29) is 18.3 Å². The van der Waals surface area contributed by atoms with Crippen LogP contribution in [0.3, 0.4) is 0 Å². The lowest BCUT2D eigenvalue weighted by molar-refractivity contribution is -0.172. The number of anilines is 1. The van der Waals surface area contributed by atoms with Gasteiger partial charge >= 0.3 is 6.18 Å². The predicted molar refractivity (Wildman–Crippen MR) is 59.3 cm³/mol. The van der Waals surface area contributed by atoms with Crippen molar-refractivity contribution in [2.24, 2.45) is 0 Å². The molecule has 98 valence electrons. The molecule has 0 amide bonds. The second kappa shape index (κ2) is 6.42. The van der Waals surface area contributed by atoms with Crippen molar-refractivity contribution >= 4 is 17.4 Å². The Hall–Kier alpha value is -1.52. The Bertz CT molecular complexity index is 445. The van der Waals surface area contributed by atoms with E-state index in [4.69, 9.17) is 16.9 Å². The molecule has 0 radical (unpaired) electrons. The van der Waals surface area contributed by atoms with Gasteiger partial charge in [0.15, 0.2) is 0 Å². The molecule has 8 heteroatoms. The molecule has 1 heterocycles. The van der Waals surface area contributed by atoms with Crippen LogP contribution in [-0.4, -0.2) is 30.9 Å². The molecule has 0 aliphatic heterocycles. The van der Waals surface area contributed by atoms with Gasteiger partial charge in [-0.2, -0.15) is 18.4 Å².